The van der Waals surface area contributed by atoms with E-state index < -0.39 is 5.63 Å². The van der Waals surface area contributed by atoms with Crippen LogP contribution in [0.4, 0.5) is 5.69 Å². The third kappa shape index (κ3) is 2.01. The molecule has 0 saturated carbocycles. The van der Waals surface area contributed by atoms with E-state index in [0.717, 1.165) is 12.9 Å². The first-order valence-corrected chi connectivity index (χ1v) is 4.86. The van der Waals surface area contributed by atoms with Crippen molar-refractivity contribution in [3.05, 3.63) is 28.7 Å². The molecule has 1 aromatic rings. The molecule has 0 unspecified atom stereocenters. The quantitative estimate of drug-likeness (QED) is 0.792. The van der Waals surface area contributed by atoms with Gasteiger partial charge in [0.25, 0.3) is 0 Å². The summed E-state index contributed by atoms with van der Waals surface area (Å²) in [7, 11) is 0. The van der Waals surface area contributed by atoms with Crippen LogP contribution in [0.15, 0.2) is 21.8 Å². The van der Waals surface area contributed by atoms with Crippen LogP contribution in [0.3, 0.4) is 0 Å². The number of hydrogen-bond acceptors (Lipinski definition) is 5. The second-order valence-corrected chi connectivity index (χ2v) is 3.87. The minimum atomic E-state index is -0.391. The number of nitrogens with one attached hydrogen (secondary N) is 1. The highest BCUT2D eigenvalue weighted by Gasteiger charge is 2.15. The van der Waals surface area contributed by atoms with E-state index in [9.17, 15) is 4.79 Å². The predicted octanol–water partition coefficient (Wildman–Crippen LogP) is 1.30. The SMILES string of the molecule is CC(C)CN1C=Cc2ncoc(=O)c2N1. The first-order chi connectivity index (χ1) is 7.16. The molecule has 0 fully saturated rings. The Bertz CT molecular complexity index is 437. The molecular weight excluding hydrogens is 194 g/mol. The molecule has 0 aliphatic carbocycles. The molecular formula is C10H13N3O2. The average Bonchev–Trinajstić information content (AvgIpc) is 2.18. The van der Waals surface area contributed by atoms with Crippen LogP contribution < -0.4 is 11.1 Å². The number of nitrogens with zero attached hydrogens (tertiary/aromatic N) is 2. The zero-order valence-corrected chi connectivity index (χ0v) is 8.73. The molecule has 5 heteroatoms. The minimum Gasteiger partial charge on any atom is -0.410 e. The van der Waals surface area contributed by atoms with E-state index in [0.29, 0.717) is 17.3 Å². The second kappa shape index (κ2) is 3.76. The van der Waals surface area contributed by atoms with E-state index >= 15 is 0 Å². The van der Waals surface area contributed by atoms with E-state index in [-0.39, 0.29) is 0 Å². The predicted molar refractivity (Wildman–Crippen MR) is 57.0 cm³/mol. The van der Waals surface area contributed by atoms with Gasteiger partial charge in [0.05, 0.1) is 0 Å². The van der Waals surface area contributed by atoms with Gasteiger partial charge in [-0.05, 0) is 12.0 Å². The van der Waals surface area contributed by atoms with Crippen LogP contribution in [0.2, 0.25) is 0 Å². The fourth-order valence-corrected chi connectivity index (χ4v) is 1.43. The summed E-state index contributed by atoms with van der Waals surface area (Å²) in [6.45, 7) is 5.04. The Balaban J connectivity index is 2.26. The molecule has 0 saturated heterocycles. The van der Waals surface area contributed by atoms with Crippen molar-refractivity contribution < 1.29 is 4.42 Å². The van der Waals surface area contributed by atoms with Gasteiger partial charge >= 0.3 is 5.63 Å². The zero-order chi connectivity index (χ0) is 10.8. The third-order valence-electron chi connectivity index (χ3n) is 2.04. The van der Waals surface area contributed by atoms with Gasteiger partial charge in [-0.3, -0.25) is 10.4 Å². The normalized spacial score (nSPS) is 13.9. The van der Waals surface area contributed by atoms with Gasteiger partial charge in [-0.1, -0.05) is 13.8 Å². The molecule has 0 amide bonds. The van der Waals surface area contributed by atoms with E-state index in [1.807, 2.05) is 11.2 Å². The molecule has 0 aromatic carbocycles. The lowest BCUT2D eigenvalue weighted by molar-refractivity contribution is 0.378. The summed E-state index contributed by atoms with van der Waals surface area (Å²) in [6.07, 6.45) is 4.82. The molecule has 5 nitrogen and oxygen atoms in total. The van der Waals surface area contributed by atoms with Gasteiger partial charge in [-0.2, -0.15) is 0 Å². The van der Waals surface area contributed by atoms with Crippen LogP contribution in [0.25, 0.3) is 6.08 Å². The van der Waals surface area contributed by atoms with Gasteiger partial charge in [-0.25, -0.2) is 9.78 Å². The monoisotopic (exact) mass is 207 g/mol. The van der Waals surface area contributed by atoms with E-state index in [1.165, 1.54) is 0 Å². The number of fused-ring (bicyclic) bond motifs is 1. The Hall–Kier alpha value is -1.78. The molecule has 15 heavy (non-hydrogen) atoms. The summed E-state index contributed by atoms with van der Waals surface area (Å²) in [6, 6.07) is 0. The first kappa shape index (κ1) is 9.76. The Kier molecular flexibility index (Phi) is 2.45. The maximum Gasteiger partial charge on any atom is 0.364 e. The van der Waals surface area contributed by atoms with Crippen LogP contribution in [0, 0.1) is 5.92 Å². The van der Waals surface area contributed by atoms with Gasteiger partial charge in [0.15, 0.2) is 12.1 Å². The number of hydrogen-bond donors (Lipinski definition) is 1. The Morgan fingerprint density at radius 2 is 2.40 bits per heavy atom. The van der Waals surface area contributed by atoms with Gasteiger partial charge < -0.3 is 4.42 Å². The fraction of sp³-hybridized carbons (Fsp3) is 0.400. The van der Waals surface area contributed by atoms with Crippen LogP contribution in [0.5, 0.6) is 0 Å². The molecule has 0 atom stereocenters. The van der Waals surface area contributed by atoms with Crippen LogP contribution in [0.1, 0.15) is 19.5 Å². The van der Waals surface area contributed by atoms with Gasteiger partial charge in [-0.15, -0.1) is 0 Å². The highest BCUT2D eigenvalue weighted by atomic mass is 16.4. The Labute approximate surface area is 87.4 Å². The maximum atomic E-state index is 11.4. The number of aromatic nitrogens is 1. The van der Waals surface area contributed by atoms with E-state index in [2.05, 4.69) is 28.7 Å². The molecule has 1 aromatic heterocycles. The summed E-state index contributed by atoms with van der Waals surface area (Å²) in [5, 5.41) is 1.85. The minimum absolute atomic E-state index is 0.391. The Morgan fingerprint density at radius 1 is 1.60 bits per heavy atom. The van der Waals surface area contributed by atoms with Gasteiger partial charge in [0.1, 0.15) is 5.69 Å². The van der Waals surface area contributed by atoms with Crippen molar-refractivity contribution >= 4 is 11.8 Å². The van der Waals surface area contributed by atoms with Crippen LogP contribution >= 0.6 is 0 Å². The maximum absolute atomic E-state index is 11.4. The van der Waals surface area contributed by atoms with Crippen molar-refractivity contribution in [1.82, 2.24) is 9.99 Å². The zero-order valence-electron chi connectivity index (χ0n) is 8.73. The van der Waals surface area contributed by atoms with Gasteiger partial charge in [0, 0.05) is 12.7 Å². The number of rotatable bonds is 2. The largest absolute Gasteiger partial charge is 0.410 e. The topological polar surface area (TPSA) is 58.4 Å². The number of hydrazine groups is 1. The molecule has 2 heterocycles. The van der Waals surface area contributed by atoms with Crippen molar-refractivity contribution in [3.63, 3.8) is 0 Å². The van der Waals surface area contributed by atoms with Crippen molar-refractivity contribution in [2.24, 2.45) is 5.92 Å². The summed E-state index contributed by atoms with van der Waals surface area (Å²) < 4.78 is 4.69. The summed E-state index contributed by atoms with van der Waals surface area (Å²) in [4.78, 5) is 15.3. The van der Waals surface area contributed by atoms with Crippen LogP contribution in [-0.4, -0.2) is 16.5 Å². The van der Waals surface area contributed by atoms with E-state index in [4.69, 9.17) is 0 Å². The standard InChI is InChI=1S/C10H13N3O2/c1-7(2)5-13-4-3-8-9(12-13)10(14)15-6-11-8/h3-4,6-7,12H,5H2,1-2H3. The molecule has 0 radical (unpaired) electrons. The summed E-state index contributed by atoms with van der Waals surface area (Å²) in [5.41, 5.74) is 3.60. The van der Waals surface area contributed by atoms with Crippen molar-refractivity contribution in [2.75, 3.05) is 12.0 Å². The molecule has 0 spiro atoms. The van der Waals surface area contributed by atoms with Crippen molar-refractivity contribution in [2.45, 2.75) is 13.8 Å². The average molecular weight is 207 g/mol. The lowest BCUT2D eigenvalue weighted by atomic mass is 10.2. The highest BCUT2D eigenvalue weighted by Crippen LogP contribution is 2.16. The van der Waals surface area contributed by atoms with Crippen molar-refractivity contribution in [1.29, 1.82) is 0 Å². The second-order valence-electron chi connectivity index (χ2n) is 3.87. The van der Waals surface area contributed by atoms with Crippen LogP contribution in [-0.2, 0) is 0 Å². The lowest BCUT2D eigenvalue weighted by Gasteiger charge is -2.26. The molecule has 1 aliphatic rings. The van der Waals surface area contributed by atoms with Gasteiger partial charge in [0.2, 0.25) is 0 Å². The first-order valence-electron chi connectivity index (χ1n) is 4.86. The fourth-order valence-electron chi connectivity index (χ4n) is 1.43. The smallest absolute Gasteiger partial charge is 0.364 e. The number of anilines is 1. The lowest BCUT2D eigenvalue weighted by Crippen LogP contribution is -2.33. The summed E-state index contributed by atoms with van der Waals surface area (Å²) >= 11 is 0. The van der Waals surface area contributed by atoms with Crippen molar-refractivity contribution in [3.8, 4) is 0 Å². The molecule has 1 aliphatic heterocycles. The Morgan fingerprint density at radius 3 is 3.13 bits per heavy atom. The molecule has 1 N–H and O–H groups in total. The molecule has 80 valence electrons. The summed E-state index contributed by atoms with van der Waals surface area (Å²) in [5.74, 6) is 0.507. The highest BCUT2D eigenvalue weighted by molar-refractivity contribution is 5.63. The molecule has 0 bridgehead atoms. The molecule has 2 rings (SSSR count). The third-order valence-corrected chi connectivity index (χ3v) is 2.04. The van der Waals surface area contributed by atoms with E-state index in [1.54, 1.807) is 6.08 Å².